The number of fused-ring (bicyclic) bond motifs is 7. The Morgan fingerprint density at radius 3 is 2.02 bits per heavy atom. The van der Waals surface area contributed by atoms with Crippen LogP contribution in [0.25, 0.3) is 83.0 Å². The number of nitrogens with zero attached hydrogens (tertiary/aromatic N) is 3. The molecular formula is C46H41N3O2. The Morgan fingerprint density at radius 2 is 1.29 bits per heavy atom. The first-order valence-electron chi connectivity index (χ1n) is 18.0. The molecule has 6 aromatic carbocycles. The number of rotatable bonds is 5. The smallest absolute Gasteiger partial charge is 0.200 e. The third kappa shape index (κ3) is 4.97. The van der Waals surface area contributed by atoms with Crippen molar-refractivity contribution in [3.63, 3.8) is 0 Å². The van der Waals surface area contributed by atoms with Crippen LogP contribution in [0.5, 0.6) is 0 Å². The third-order valence-electron chi connectivity index (χ3n) is 10.2. The summed E-state index contributed by atoms with van der Waals surface area (Å²) in [6, 6.07) is 38.9. The first-order valence-corrected chi connectivity index (χ1v) is 18.0. The molecule has 3 heterocycles. The van der Waals surface area contributed by atoms with Crippen LogP contribution in [-0.4, -0.2) is 14.5 Å². The average molecular weight is 668 g/mol. The van der Waals surface area contributed by atoms with Gasteiger partial charge in [-0.3, -0.25) is 4.57 Å². The van der Waals surface area contributed by atoms with Crippen molar-refractivity contribution in [2.75, 3.05) is 0 Å². The van der Waals surface area contributed by atoms with Crippen molar-refractivity contribution in [2.24, 2.45) is 0 Å². The summed E-state index contributed by atoms with van der Waals surface area (Å²) in [6.07, 6.45) is 0. The largest absolute Gasteiger partial charge is 0.455 e. The molecule has 0 radical (unpaired) electrons. The second-order valence-electron chi connectivity index (χ2n) is 15.5. The van der Waals surface area contributed by atoms with E-state index in [9.17, 15) is 0 Å². The topological polar surface area (TPSA) is 57.0 Å². The van der Waals surface area contributed by atoms with E-state index in [1.54, 1.807) is 0 Å². The second-order valence-corrected chi connectivity index (χ2v) is 15.5. The van der Waals surface area contributed by atoms with Crippen molar-refractivity contribution in [3.05, 3.63) is 126 Å². The van der Waals surface area contributed by atoms with Crippen LogP contribution in [0.1, 0.15) is 77.3 Å². The lowest BCUT2D eigenvalue weighted by atomic mass is 9.88. The van der Waals surface area contributed by atoms with Crippen molar-refractivity contribution in [1.82, 2.24) is 14.5 Å². The number of para-hydroxylation sites is 1. The summed E-state index contributed by atoms with van der Waals surface area (Å²) >= 11 is 0. The molecular weight excluding hydrogens is 627 g/mol. The molecule has 3 aromatic heterocycles. The Bertz CT molecular complexity index is 2760. The van der Waals surface area contributed by atoms with Gasteiger partial charge in [-0.05, 0) is 69.8 Å². The van der Waals surface area contributed by atoms with Crippen LogP contribution < -0.4 is 0 Å². The van der Waals surface area contributed by atoms with E-state index in [1.807, 2.05) is 6.07 Å². The van der Waals surface area contributed by atoms with Crippen molar-refractivity contribution in [2.45, 2.75) is 65.7 Å². The number of imidazole rings is 1. The molecule has 0 unspecified atom stereocenters. The van der Waals surface area contributed by atoms with Gasteiger partial charge in [-0.1, -0.05) is 121 Å². The predicted molar refractivity (Wildman–Crippen MR) is 211 cm³/mol. The summed E-state index contributed by atoms with van der Waals surface area (Å²) in [5.74, 6) is 2.09. The molecule has 0 aliphatic carbocycles. The van der Waals surface area contributed by atoms with Crippen LogP contribution >= 0.6 is 0 Å². The molecule has 0 aliphatic heterocycles. The van der Waals surface area contributed by atoms with Gasteiger partial charge in [-0.25, -0.2) is 9.97 Å². The molecule has 252 valence electrons. The van der Waals surface area contributed by atoms with E-state index < -0.39 is 0 Å². The summed E-state index contributed by atoms with van der Waals surface area (Å²) in [4.78, 5) is 10.3. The minimum Gasteiger partial charge on any atom is -0.455 e. The van der Waals surface area contributed by atoms with Gasteiger partial charge in [-0.15, -0.1) is 0 Å². The molecule has 0 atom stereocenters. The second kappa shape index (κ2) is 11.4. The monoisotopic (exact) mass is 667 g/mol. The molecule has 0 fully saturated rings. The number of oxazole rings is 1. The zero-order valence-corrected chi connectivity index (χ0v) is 30.2. The van der Waals surface area contributed by atoms with Crippen LogP contribution in [-0.2, 0) is 5.41 Å². The fourth-order valence-corrected chi connectivity index (χ4v) is 7.57. The molecule has 5 nitrogen and oxygen atoms in total. The lowest BCUT2D eigenvalue weighted by Crippen LogP contribution is -2.10. The maximum absolute atomic E-state index is 6.81. The van der Waals surface area contributed by atoms with Crippen LogP contribution in [0.2, 0.25) is 0 Å². The third-order valence-corrected chi connectivity index (χ3v) is 10.2. The van der Waals surface area contributed by atoms with Crippen molar-refractivity contribution >= 4 is 54.8 Å². The lowest BCUT2D eigenvalue weighted by Gasteiger charge is -2.24. The number of hydrogen-bond donors (Lipinski definition) is 0. The van der Waals surface area contributed by atoms with Crippen LogP contribution in [0.4, 0.5) is 0 Å². The van der Waals surface area contributed by atoms with Gasteiger partial charge in [0.15, 0.2) is 5.58 Å². The molecule has 9 aromatic rings. The Hall–Kier alpha value is -5.68. The van der Waals surface area contributed by atoms with E-state index >= 15 is 0 Å². The van der Waals surface area contributed by atoms with Gasteiger partial charge in [-0.2, -0.15) is 0 Å². The summed E-state index contributed by atoms with van der Waals surface area (Å²) in [6.45, 7) is 15.5. The van der Waals surface area contributed by atoms with Gasteiger partial charge in [0.05, 0.1) is 22.3 Å². The van der Waals surface area contributed by atoms with Gasteiger partial charge in [0.25, 0.3) is 0 Å². The molecule has 0 spiro atoms. The molecule has 0 bridgehead atoms. The highest BCUT2D eigenvalue weighted by molar-refractivity contribution is 6.13. The Labute approximate surface area is 297 Å². The van der Waals surface area contributed by atoms with E-state index in [0.717, 1.165) is 61.4 Å². The molecule has 0 saturated heterocycles. The van der Waals surface area contributed by atoms with Crippen LogP contribution in [0.3, 0.4) is 0 Å². The zero-order valence-electron chi connectivity index (χ0n) is 30.2. The van der Waals surface area contributed by atoms with Gasteiger partial charge in [0.2, 0.25) is 5.89 Å². The number of aromatic nitrogens is 3. The highest BCUT2D eigenvalue weighted by atomic mass is 16.4. The van der Waals surface area contributed by atoms with E-state index in [-0.39, 0.29) is 17.3 Å². The maximum atomic E-state index is 6.81. The quantitative estimate of drug-likeness (QED) is 0.183. The number of furan rings is 1. The molecule has 0 N–H and O–H groups in total. The standard InChI is InChI=1S/C46H41N3O2/c1-26(2)34-22-30(28-14-9-8-10-15-28)23-35(27(3)4)41(34)49-42-31-17-12-11-16-29(31)20-21-37(42)47-44(49)33-19-13-18-32-36-24-40-38(25-39(36)50-43(32)33)48-45(51-40)46(5,6)7/h8-27H,1-7H3. The molecule has 51 heavy (non-hydrogen) atoms. The summed E-state index contributed by atoms with van der Waals surface area (Å²) in [5, 5.41) is 4.38. The van der Waals surface area contributed by atoms with Gasteiger partial charge in [0.1, 0.15) is 22.5 Å². The van der Waals surface area contributed by atoms with Crippen LogP contribution in [0, 0.1) is 0 Å². The van der Waals surface area contributed by atoms with E-state index in [2.05, 4.69) is 156 Å². The summed E-state index contributed by atoms with van der Waals surface area (Å²) in [7, 11) is 0. The maximum Gasteiger partial charge on any atom is 0.200 e. The first kappa shape index (κ1) is 31.3. The Morgan fingerprint density at radius 1 is 0.588 bits per heavy atom. The van der Waals surface area contributed by atoms with Crippen LogP contribution in [0.15, 0.2) is 118 Å². The SMILES string of the molecule is CC(C)c1cc(-c2ccccc2)cc(C(C)C)c1-n1c(-c2cccc3c2oc2cc4nc(C(C)(C)C)oc4cc23)nc2ccc3ccccc3c21. The molecule has 5 heteroatoms. The van der Waals surface area contributed by atoms with Gasteiger partial charge >= 0.3 is 0 Å². The van der Waals surface area contributed by atoms with E-state index in [4.69, 9.17) is 18.8 Å². The Balaban J connectivity index is 1.39. The average Bonchev–Trinajstić information content (AvgIpc) is 3.83. The minimum atomic E-state index is -0.193. The predicted octanol–water partition coefficient (Wildman–Crippen LogP) is 13.1. The minimum absolute atomic E-state index is 0.193. The highest BCUT2D eigenvalue weighted by Gasteiger charge is 2.27. The molecule has 9 rings (SSSR count). The number of hydrogen-bond acceptors (Lipinski definition) is 4. The van der Waals surface area contributed by atoms with Gasteiger partial charge in [0, 0.05) is 27.6 Å². The van der Waals surface area contributed by atoms with Crippen molar-refractivity contribution in [1.29, 1.82) is 0 Å². The Kier molecular flexibility index (Phi) is 7.01. The highest BCUT2D eigenvalue weighted by Crippen LogP contribution is 2.44. The summed E-state index contributed by atoms with van der Waals surface area (Å²) < 4.78 is 15.5. The fraction of sp³-hybridized carbons (Fsp3) is 0.217. The summed E-state index contributed by atoms with van der Waals surface area (Å²) in [5.41, 5.74) is 12.2. The van der Waals surface area contributed by atoms with E-state index in [1.165, 1.54) is 38.7 Å². The van der Waals surface area contributed by atoms with Crippen molar-refractivity contribution in [3.8, 4) is 28.2 Å². The van der Waals surface area contributed by atoms with Gasteiger partial charge < -0.3 is 8.83 Å². The van der Waals surface area contributed by atoms with Crippen molar-refractivity contribution < 1.29 is 8.83 Å². The number of benzene rings is 6. The molecule has 0 amide bonds. The zero-order chi connectivity index (χ0) is 35.2. The molecule has 0 saturated carbocycles. The van der Waals surface area contributed by atoms with E-state index in [0.29, 0.717) is 0 Å². The molecule has 0 aliphatic rings. The fourth-order valence-electron chi connectivity index (χ4n) is 7.57. The lowest BCUT2D eigenvalue weighted by molar-refractivity contribution is 0.411. The normalized spacial score (nSPS) is 12.6. The first-order chi connectivity index (χ1) is 24.6.